The van der Waals surface area contributed by atoms with Crippen LogP contribution in [-0.2, 0) is 19.8 Å². The van der Waals surface area contributed by atoms with Gasteiger partial charge in [-0.1, -0.05) is 49.6 Å². The molecular weight excluding hydrogens is 352 g/mol. The number of imide groups is 1. The molecule has 0 radical (unpaired) electrons. The molecule has 5 heteroatoms. The van der Waals surface area contributed by atoms with E-state index in [9.17, 15) is 14.4 Å². The smallest absolute Gasteiger partial charge is 0.240 e. The maximum Gasteiger partial charge on any atom is 0.240 e. The molecule has 1 aromatic carbocycles. The lowest BCUT2D eigenvalue weighted by molar-refractivity contribution is -0.143. The monoisotopic (exact) mass is 384 g/mol. The van der Waals surface area contributed by atoms with Gasteiger partial charge in [0.15, 0.2) is 0 Å². The highest BCUT2D eigenvalue weighted by atomic mass is 16.2. The summed E-state index contributed by atoms with van der Waals surface area (Å²) in [6.07, 6.45) is 5.89. The second-order valence-corrected chi connectivity index (χ2v) is 8.18. The summed E-state index contributed by atoms with van der Waals surface area (Å²) in [4.78, 5) is 42.6. The Morgan fingerprint density at radius 1 is 1.07 bits per heavy atom. The predicted molar refractivity (Wildman–Crippen MR) is 109 cm³/mol. The molecule has 0 aromatic heterocycles. The number of hydrogen-bond acceptors (Lipinski definition) is 3. The third-order valence-corrected chi connectivity index (χ3v) is 6.47. The molecule has 1 atom stereocenters. The van der Waals surface area contributed by atoms with Crippen LogP contribution >= 0.6 is 0 Å². The molecule has 0 spiro atoms. The zero-order valence-corrected chi connectivity index (χ0v) is 17.2. The molecule has 1 aliphatic carbocycles. The molecule has 0 N–H and O–H groups in total. The number of benzene rings is 1. The van der Waals surface area contributed by atoms with Gasteiger partial charge in [0.2, 0.25) is 17.7 Å². The van der Waals surface area contributed by atoms with Crippen molar-refractivity contribution in [3.8, 4) is 0 Å². The standard InChI is InChI=1S/C23H32N2O3/c1-3-24(4-2)20(26)15-23(19-13-9-6-10-14-19)16-21(27)25(22(23)28)17-18-11-7-5-8-12-18/h6,9-10,13-14,18H,3-5,7-8,11-12,15-17H2,1-2H3/t23-/m1/s1. The topological polar surface area (TPSA) is 57.7 Å². The van der Waals surface area contributed by atoms with Crippen molar-refractivity contribution >= 4 is 17.7 Å². The van der Waals surface area contributed by atoms with Gasteiger partial charge < -0.3 is 4.90 Å². The molecule has 1 saturated heterocycles. The molecule has 1 aliphatic heterocycles. The van der Waals surface area contributed by atoms with Crippen LogP contribution in [0.1, 0.15) is 64.4 Å². The lowest BCUT2D eigenvalue weighted by Gasteiger charge is -2.31. The first-order valence-corrected chi connectivity index (χ1v) is 10.7. The van der Waals surface area contributed by atoms with Crippen molar-refractivity contribution in [2.24, 2.45) is 5.92 Å². The van der Waals surface area contributed by atoms with Crippen molar-refractivity contribution in [1.29, 1.82) is 0 Å². The van der Waals surface area contributed by atoms with E-state index in [1.165, 1.54) is 24.2 Å². The van der Waals surface area contributed by atoms with Crippen LogP contribution in [0.25, 0.3) is 0 Å². The Labute approximate surface area is 168 Å². The van der Waals surface area contributed by atoms with Crippen molar-refractivity contribution < 1.29 is 14.4 Å². The Hall–Kier alpha value is -2.17. The Balaban J connectivity index is 1.89. The van der Waals surface area contributed by atoms with Crippen LogP contribution in [0.3, 0.4) is 0 Å². The molecular formula is C23H32N2O3. The minimum atomic E-state index is -1.06. The molecule has 2 fully saturated rings. The number of amides is 3. The van der Waals surface area contributed by atoms with Crippen molar-refractivity contribution in [2.75, 3.05) is 19.6 Å². The van der Waals surface area contributed by atoms with Crippen molar-refractivity contribution in [3.63, 3.8) is 0 Å². The third kappa shape index (κ3) is 3.98. The first-order chi connectivity index (χ1) is 13.5. The van der Waals surface area contributed by atoms with Crippen LogP contribution < -0.4 is 0 Å². The Kier molecular flexibility index (Phi) is 6.53. The van der Waals surface area contributed by atoms with E-state index < -0.39 is 5.41 Å². The van der Waals surface area contributed by atoms with Crippen molar-refractivity contribution in [3.05, 3.63) is 35.9 Å². The van der Waals surface area contributed by atoms with Crippen molar-refractivity contribution in [2.45, 2.75) is 64.2 Å². The fourth-order valence-corrected chi connectivity index (χ4v) is 4.78. The SMILES string of the molecule is CCN(CC)C(=O)C[C@]1(c2ccccc2)CC(=O)N(CC2CCCCC2)C1=O. The minimum Gasteiger partial charge on any atom is -0.343 e. The normalized spacial score (nSPS) is 23.3. The molecule has 28 heavy (non-hydrogen) atoms. The minimum absolute atomic E-state index is 0.0600. The van der Waals surface area contributed by atoms with Gasteiger partial charge in [-0.05, 0) is 38.2 Å². The fourth-order valence-electron chi connectivity index (χ4n) is 4.78. The average Bonchev–Trinajstić information content (AvgIpc) is 2.95. The van der Waals surface area contributed by atoms with Gasteiger partial charge in [0.05, 0.1) is 5.41 Å². The maximum atomic E-state index is 13.6. The van der Waals surface area contributed by atoms with Gasteiger partial charge in [-0.2, -0.15) is 0 Å². The number of rotatable bonds is 7. The summed E-state index contributed by atoms with van der Waals surface area (Å²) in [6, 6.07) is 9.40. The summed E-state index contributed by atoms with van der Waals surface area (Å²) in [5.41, 5.74) is -0.285. The van der Waals surface area contributed by atoms with Gasteiger partial charge in [-0.3, -0.25) is 19.3 Å². The van der Waals surface area contributed by atoms with Gasteiger partial charge in [0.25, 0.3) is 0 Å². The number of hydrogen-bond donors (Lipinski definition) is 0. The van der Waals surface area contributed by atoms with Crippen LogP contribution in [0.4, 0.5) is 0 Å². The third-order valence-electron chi connectivity index (χ3n) is 6.47. The van der Waals surface area contributed by atoms with E-state index in [1.54, 1.807) is 4.90 Å². The summed E-state index contributed by atoms with van der Waals surface area (Å²) < 4.78 is 0. The summed E-state index contributed by atoms with van der Waals surface area (Å²) in [5.74, 6) is 0.0165. The molecule has 0 bridgehead atoms. The summed E-state index contributed by atoms with van der Waals surface area (Å²) >= 11 is 0. The van der Waals surface area contributed by atoms with Gasteiger partial charge >= 0.3 is 0 Å². The Bertz CT molecular complexity index is 708. The highest BCUT2D eigenvalue weighted by Gasteiger charge is 2.54. The van der Waals surface area contributed by atoms with E-state index in [-0.39, 0.29) is 30.6 Å². The number of nitrogens with zero attached hydrogens (tertiary/aromatic N) is 2. The molecule has 3 amide bonds. The summed E-state index contributed by atoms with van der Waals surface area (Å²) in [7, 11) is 0. The quantitative estimate of drug-likeness (QED) is 0.676. The van der Waals surface area contributed by atoms with Crippen LogP contribution in [0.2, 0.25) is 0 Å². The summed E-state index contributed by atoms with van der Waals surface area (Å²) in [5, 5.41) is 0. The summed E-state index contributed by atoms with van der Waals surface area (Å²) in [6.45, 7) is 5.59. The van der Waals surface area contributed by atoms with Crippen LogP contribution in [0.15, 0.2) is 30.3 Å². The van der Waals surface area contributed by atoms with Crippen LogP contribution in [0, 0.1) is 5.92 Å². The van der Waals surface area contributed by atoms with E-state index >= 15 is 0 Å². The molecule has 1 heterocycles. The predicted octanol–water partition coefficient (Wildman–Crippen LogP) is 3.52. The van der Waals surface area contributed by atoms with E-state index in [2.05, 4.69) is 0 Å². The lowest BCUT2D eigenvalue weighted by Crippen LogP contribution is -2.44. The molecule has 5 nitrogen and oxygen atoms in total. The molecule has 1 aromatic rings. The van der Waals surface area contributed by atoms with E-state index in [0.29, 0.717) is 25.6 Å². The lowest BCUT2D eigenvalue weighted by atomic mass is 9.75. The molecule has 152 valence electrons. The average molecular weight is 385 g/mol. The maximum absolute atomic E-state index is 13.6. The van der Waals surface area contributed by atoms with Crippen LogP contribution in [0.5, 0.6) is 0 Å². The van der Waals surface area contributed by atoms with Gasteiger partial charge in [-0.25, -0.2) is 0 Å². The zero-order valence-electron chi connectivity index (χ0n) is 17.2. The highest BCUT2D eigenvalue weighted by Crippen LogP contribution is 2.41. The van der Waals surface area contributed by atoms with E-state index in [4.69, 9.17) is 0 Å². The Morgan fingerprint density at radius 2 is 1.71 bits per heavy atom. The van der Waals surface area contributed by atoms with E-state index in [0.717, 1.165) is 18.4 Å². The van der Waals surface area contributed by atoms with Crippen LogP contribution in [-0.4, -0.2) is 47.2 Å². The fraction of sp³-hybridized carbons (Fsp3) is 0.609. The molecule has 1 saturated carbocycles. The van der Waals surface area contributed by atoms with Gasteiger partial charge in [-0.15, -0.1) is 0 Å². The number of carbonyl (C=O) groups is 3. The number of carbonyl (C=O) groups excluding carboxylic acids is 3. The Morgan fingerprint density at radius 3 is 2.32 bits per heavy atom. The zero-order chi connectivity index (χ0) is 20.1. The van der Waals surface area contributed by atoms with Gasteiger partial charge in [0.1, 0.15) is 0 Å². The molecule has 2 aliphatic rings. The molecule has 3 rings (SSSR count). The largest absolute Gasteiger partial charge is 0.343 e. The molecule has 0 unspecified atom stereocenters. The van der Waals surface area contributed by atoms with Crippen molar-refractivity contribution in [1.82, 2.24) is 9.80 Å². The number of likely N-dealkylation sites (tertiary alicyclic amines) is 1. The van der Waals surface area contributed by atoms with Gasteiger partial charge in [0, 0.05) is 32.5 Å². The first-order valence-electron chi connectivity index (χ1n) is 10.7. The second kappa shape index (κ2) is 8.89. The second-order valence-electron chi connectivity index (χ2n) is 8.18. The highest BCUT2D eigenvalue weighted by molar-refractivity contribution is 6.10. The van der Waals surface area contributed by atoms with E-state index in [1.807, 2.05) is 44.2 Å². The first kappa shape index (κ1) is 20.6.